The lowest BCUT2D eigenvalue weighted by molar-refractivity contribution is -0.384. The number of hydrogen-bond donors (Lipinski definition) is 1. The van der Waals surface area contributed by atoms with Crippen molar-refractivity contribution in [2.24, 2.45) is 5.10 Å². The first kappa shape index (κ1) is 18.3. The average molecular weight is 388 g/mol. The number of amides is 1. The number of benzene rings is 2. The Bertz CT molecular complexity index is 1050. The van der Waals surface area contributed by atoms with Crippen LogP contribution in [0.1, 0.15) is 16.1 Å². The molecule has 3 rings (SSSR count). The largest absolute Gasteiger partial charge is 0.455 e. The fraction of sp³-hybridized carbons (Fsp3) is 0. The maximum atomic E-state index is 13.5. The molecule has 0 atom stereocenters. The summed E-state index contributed by atoms with van der Waals surface area (Å²) in [5, 5.41) is 14.9. The van der Waals surface area contributed by atoms with Crippen molar-refractivity contribution in [3.05, 3.63) is 86.9 Å². The number of hydrogen-bond acceptors (Lipinski definition) is 5. The summed E-state index contributed by atoms with van der Waals surface area (Å²) in [6.45, 7) is 0. The van der Waals surface area contributed by atoms with Gasteiger partial charge in [-0.25, -0.2) is 9.82 Å². The number of carbonyl (C=O) groups excluding carboxylic acids is 1. The highest BCUT2D eigenvalue weighted by Gasteiger charge is 2.14. The zero-order valence-corrected chi connectivity index (χ0v) is 14.3. The van der Waals surface area contributed by atoms with Crippen LogP contribution in [0.3, 0.4) is 0 Å². The number of halogens is 2. The molecular weight excluding hydrogens is 377 g/mol. The molecule has 1 amide bonds. The van der Waals surface area contributed by atoms with E-state index in [1.54, 1.807) is 12.1 Å². The predicted molar refractivity (Wildman–Crippen MR) is 97.3 cm³/mol. The number of hydrazone groups is 1. The molecule has 0 saturated carbocycles. The van der Waals surface area contributed by atoms with Crippen molar-refractivity contribution in [2.45, 2.75) is 0 Å². The van der Waals surface area contributed by atoms with Gasteiger partial charge in [0.1, 0.15) is 17.3 Å². The van der Waals surface area contributed by atoms with Crippen molar-refractivity contribution in [1.82, 2.24) is 5.43 Å². The van der Waals surface area contributed by atoms with Gasteiger partial charge in [0.25, 0.3) is 11.6 Å². The van der Waals surface area contributed by atoms with E-state index in [1.165, 1.54) is 48.7 Å². The molecule has 1 heterocycles. The molecule has 9 heteroatoms. The lowest BCUT2D eigenvalue weighted by atomic mass is 10.1. The molecule has 0 fully saturated rings. The Hall–Kier alpha value is -3.52. The van der Waals surface area contributed by atoms with Crippen molar-refractivity contribution in [3.63, 3.8) is 0 Å². The van der Waals surface area contributed by atoms with Crippen LogP contribution in [0.5, 0.6) is 0 Å². The molecule has 27 heavy (non-hydrogen) atoms. The van der Waals surface area contributed by atoms with E-state index in [0.29, 0.717) is 11.3 Å². The highest BCUT2D eigenvalue weighted by Crippen LogP contribution is 2.32. The van der Waals surface area contributed by atoms with Gasteiger partial charge < -0.3 is 4.42 Å². The average Bonchev–Trinajstić information content (AvgIpc) is 3.10. The SMILES string of the molecule is O=C(N/N=C\c1ccc(-c2cc([N+](=O)[O-])ccc2Cl)o1)c1ccccc1F. The number of nitro groups is 1. The number of furan rings is 1. The molecule has 0 spiro atoms. The number of rotatable bonds is 5. The van der Waals surface area contributed by atoms with Crippen LogP contribution in [0.25, 0.3) is 11.3 Å². The minimum atomic E-state index is -0.710. The minimum absolute atomic E-state index is 0.127. The van der Waals surface area contributed by atoms with Crippen LogP contribution in [0.15, 0.2) is 64.1 Å². The van der Waals surface area contributed by atoms with E-state index in [-0.39, 0.29) is 22.0 Å². The van der Waals surface area contributed by atoms with Gasteiger partial charge in [-0.3, -0.25) is 14.9 Å². The van der Waals surface area contributed by atoms with Gasteiger partial charge in [0.15, 0.2) is 0 Å². The smallest absolute Gasteiger partial charge is 0.274 e. The normalized spacial score (nSPS) is 10.9. The highest BCUT2D eigenvalue weighted by molar-refractivity contribution is 6.33. The number of nitro benzene ring substituents is 1. The van der Waals surface area contributed by atoms with Crippen molar-refractivity contribution < 1.29 is 18.5 Å². The summed E-state index contributed by atoms with van der Waals surface area (Å²) >= 11 is 6.06. The van der Waals surface area contributed by atoms with Crippen LogP contribution in [-0.2, 0) is 0 Å². The third kappa shape index (κ3) is 4.18. The molecule has 7 nitrogen and oxygen atoms in total. The summed E-state index contributed by atoms with van der Waals surface area (Å²) in [5.41, 5.74) is 2.27. The fourth-order valence-electron chi connectivity index (χ4n) is 2.24. The first-order valence-corrected chi connectivity index (χ1v) is 7.95. The van der Waals surface area contributed by atoms with Crippen molar-refractivity contribution in [2.75, 3.05) is 0 Å². The molecule has 0 radical (unpaired) electrons. The molecule has 0 bridgehead atoms. The molecule has 0 saturated heterocycles. The second kappa shape index (κ2) is 7.79. The topological polar surface area (TPSA) is 97.7 Å². The summed E-state index contributed by atoms with van der Waals surface area (Å²) in [6.07, 6.45) is 1.22. The second-order valence-electron chi connectivity index (χ2n) is 5.30. The van der Waals surface area contributed by atoms with E-state index in [1.807, 2.05) is 0 Å². The summed E-state index contributed by atoms with van der Waals surface area (Å²) in [5.74, 6) is -0.810. The summed E-state index contributed by atoms with van der Waals surface area (Å²) in [7, 11) is 0. The van der Waals surface area contributed by atoms with Gasteiger partial charge in [0, 0.05) is 17.7 Å². The minimum Gasteiger partial charge on any atom is -0.455 e. The van der Waals surface area contributed by atoms with Gasteiger partial charge in [0.2, 0.25) is 0 Å². The molecule has 2 aromatic carbocycles. The summed E-state index contributed by atoms with van der Waals surface area (Å²) in [6, 6.07) is 12.6. The first-order valence-electron chi connectivity index (χ1n) is 7.58. The van der Waals surface area contributed by atoms with Crippen LogP contribution in [0.2, 0.25) is 5.02 Å². The lowest BCUT2D eigenvalue weighted by Crippen LogP contribution is -2.18. The Morgan fingerprint density at radius 1 is 1.22 bits per heavy atom. The van der Waals surface area contributed by atoms with Gasteiger partial charge in [-0.1, -0.05) is 23.7 Å². The quantitative estimate of drug-likeness (QED) is 0.398. The standard InChI is InChI=1S/C18H11ClFN3O4/c19-15-7-5-11(23(25)26)9-14(15)17-8-6-12(27-17)10-21-22-18(24)13-3-1-2-4-16(13)20/h1-10H,(H,22,24)/b21-10-. The van der Waals surface area contributed by atoms with E-state index in [2.05, 4.69) is 10.5 Å². The Morgan fingerprint density at radius 2 is 2.00 bits per heavy atom. The van der Waals surface area contributed by atoms with E-state index in [9.17, 15) is 19.3 Å². The van der Waals surface area contributed by atoms with Gasteiger partial charge in [0.05, 0.1) is 21.7 Å². The molecule has 0 unspecified atom stereocenters. The van der Waals surface area contributed by atoms with Gasteiger partial charge in [-0.15, -0.1) is 0 Å². The summed E-state index contributed by atoms with van der Waals surface area (Å²) in [4.78, 5) is 22.2. The first-order chi connectivity index (χ1) is 13.0. The third-order valence-corrected chi connectivity index (χ3v) is 3.86. The van der Waals surface area contributed by atoms with E-state index < -0.39 is 16.6 Å². The van der Waals surface area contributed by atoms with Gasteiger partial charge in [-0.05, 0) is 30.3 Å². The lowest BCUT2D eigenvalue weighted by Gasteiger charge is -2.01. The van der Waals surface area contributed by atoms with Gasteiger partial charge in [-0.2, -0.15) is 5.10 Å². The van der Waals surface area contributed by atoms with Crippen molar-refractivity contribution >= 4 is 29.4 Å². The molecule has 0 aliphatic heterocycles. The molecule has 0 aliphatic rings. The number of carbonyl (C=O) groups is 1. The van der Waals surface area contributed by atoms with Crippen LogP contribution < -0.4 is 5.43 Å². The highest BCUT2D eigenvalue weighted by atomic mass is 35.5. The molecule has 1 aromatic heterocycles. The number of nitrogens with zero attached hydrogens (tertiary/aromatic N) is 2. The summed E-state index contributed by atoms with van der Waals surface area (Å²) < 4.78 is 19.0. The molecule has 0 aliphatic carbocycles. The molecule has 1 N–H and O–H groups in total. The van der Waals surface area contributed by atoms with Crippen LogP contribution in [0, 0.1) is 15.9 Å². The predicted octanol–water partition coefficient (Wildman–Crippen LogP) is 4.41. The van der Waals surface area contributed by atoms with Crippen LogP contribution in [0.4, 0.5) is 10.1 Å². The molecule has 136 valence electrons. The van der Waals surface area contributed by atoms with Crippen LogP contribution in [-0.4, -0.2) is 17.0 Å². The molecule has 3 aromatic rings. The monoisotopic (exact) mass is 387 g/mol. The zero-order chi connectivity index (χ0) is 19.4. The maximum Gasteiger partial charge on any atom is 0.274 e. The van der Waals surface area contributed by atoms with E-state index in [0.717, 1.165) is 0 Å². The molecular formula is C18H11ClFN3O4. The zero-order valence-electron chi connectivity index (χ0n) is 13.6. The maximum absolute atomic E-state index is 13.5. The Labute approximate surface area is 157 Å². The second-order valence-corrected chi connectivity index (χ2v) is 5.71. The Morgan fingerprint density at radius 3 is 2.74 bits per heavy atom. The third-order valence-electron chi connectivity index (χ3n) is 3.53. The fourth-order valence-corrected chi connectivity index (χ4v) is 2.45. The van der Waals surface area contributed by atoms with Crippen LogP contribution >= 0.6 is 11.6 Å². The van der Waals surface area contributed by atoms with Gasteiger partial charge >= 0.3 is 0 Å². The Balaban J connectivity index is 1.74. The Kier molecular flexibility index (Phi) is 5.28. The van der Waals surface area contributed by atoms with E-state index in [4.69, 9.17) is 16.0 Å². The van der Waals surface area contributed by atoms with E-state index >= 15 is 0 Å². The number of non-ortho nitro benzene ring substituents is 1. The van der Waals surface area contributed by atoms with Crippen molar-refractivity contribution in [1.29, 1.82) is 0 Å². The number of nitrogens with one attached hydrogen (secondary N) is 1. The van der Waals surface area contributed by atoms with Crippen molar-refractivity contribution in [3.8, 4) is 11.3 Å².